The normalized spacial score (nSPS) is 12.0. The van der Waals surface area contributed by atoms with Crippen molar-refractivity contribution in [1.29, 1.82) is 0 Å². The molecule has 0 aliphatic heterocycles. The first kappa shape index (κ1) is 17.7. The number of halogens is 1. The van der Waals surface area contributed by atoms with Gasteiger partial charge in [0.15, 0.2) is 6.10 Å². The number of hydrazine groups is 1. The summed E-state index contributed by atoms with van der Waals surface area (Å²) in [6, 6.07) is 9.17. The lowest BCUT2D eigenvalue weighted by atomic mass is 10.3. The summed E-state index contributed by atoms with van der Waals surface area (Å²) in [5.41, 5.74) is 4.54. The summed E-state index contributed by atoms with van der Waals surface area (Å²) in [6.07, 6.45) is 2.15. The van der Waals surface area contributed by atoms with Crippen LogP contribution in [0.5, 0.6) is 5.75 Å². The fraction of sp³-hybridized carbons (Fsp3) is 0.176. The fourth-order valence-corrected chi connectivity index (χ4v) is 2.52. The van der Waals surface area contributed by atoms with Crippen molar-refractivity contribution in [2.24, 2.45) is 0 Å². The molecule has 1 aromatic heterocycles. The number of carbonyl (C=O) groups excluding carboxylic acids is 2. The average Bonchev–Trinajstić information content (AvgIpc) is 2.98. The third-order valence-electron chi connectivity index (χ3n) is 2.96. The number of benzene rings is 1. The zero-order chi connectivity index (χ0) is 17.5. The maximum Gasteiger partial charge on any atom is 0.279 e. The van der Waals surface area contributed by atoms with Gasteiger partial charge in [-0.1, -0.05) is 0 Å². The Balaban J connectivity index is 1.78. The lowest BCUT2D eigenvalue weighted by Crippen LogP contribution is -2.46. The van der Waals surface area contributed by atoms with Crippen LogP contribution in [-0.2, 0) is 9.59 Å². The highest BCUT2D eigenvalue weighted by molar-refractivity contribution is 7.12. The van der Waals surface area contributed by atoms with Crippen LogP contribution < -0.4 is 15.6 Å². The molecule has 24 heavy (non-hydrogen) atoms. The Kier molecular flexibility index (Phi) is 6.08. The minimum Gasteiger partial charge on any atom is -0.481 e. The Morgan fingerprint density at radius 1 is 1.17 bits per heavy atom. The van der Waals surface area contributed by atoms with E-state index in [4.69, 9.17) is 4.74 Å². The number of thiophene rings is 1. The summed E-state index contributed by atoms with van der Waals surface area (Å²) >= 11 is 1.56. The first-order valence-electron chi connectivity index (χ1n) is 7.20. The third kappa shape index (κ3) is 5.51. The van der Waals surface area contributed by atoms with Crippen molar-refractivity contribution in [3.8, 4) is 5.75 Å². The summed E-state index contributed by atoms with van der Waals surface area (Å²) in [6.45, 7) is 3.50. The van der Waals surface area contributed by atoms with Crippen molar-refractivity contribution < 1.29 is 18.7 Å². The maximum absolute atomic E-state index is 12.8. The first-order chi connectivity index (χ1) is 11.4. The topological polar surface area (TPSA) is 67.4 Å². The van der Waals surface area contributed by atoms with E-state index in [0.717, 1.165) is 9.75 Å². The molecule has 1 atom stereocenters. The zero-order valence-electron chi connectivity index (χ0n) is 13.2. The molecule has 0 unspecified atom stereocenters. The first-order valence-corrected chi connectivity index (χ1v) is 8.02. The van der Waals surface area contributed by atoms with E-state index in [1.54, 1.807) is 17.4 Å². The Labute approximate surface area is 143 Å². The van der Waals surface area contributed by atoms with Gasteiger partial charge in [-0.05, 0) is 56.3 Å². The molecule has 0 saturated heterocycles. The minimum atomic E-state index is -0.848. The molecule has 0 aliphatic rings. The van der Waals surface area contributed by atoms with Crippen LogP contribution in [0.3, 0.4) is 0 Å². The van der Waals surface area contributed by atoms with Crippen LogP contribution in [0.25, 0.3) is 6.08 Å². The van der Waals surface area contributed by atoms with E-state index in [-0.39, 0.29) is 5.82 Å². The number of carbonyl (C=O) groups is 2. The number of amides is 2. The maximum atomic E-state index is 12.8. The van der Waals surface area contributed by atoms with Gasteiger partial charge in [0.2, 0.25) is 0 Å². The zero-order valence-corrected chi connectivity index (χ0v) is 14.0. The standard InChI is InChI=1S/C17H17FN2O3S/c1-11-3-8-15(24-11)9-10-16(21)19-20-17(22)12(2)23-14-6-4-13(18)5-7-14/h3-10,12H,1-2H3,(H,19,21)(H,20,22)/b10-9+/t12-/m1/s1. The second kappa shape index (κ2) is 8.26. The molecule has 7 heteroatoms. The molecular formula is C17H17FN2O3S. The van der Waals surface area contributed by atoms with Crippen LogP contribution in [-0.4, -0.2) is 17.9 Å². The molecule has 2 amide bonds. The molecule has 2 rings (SSSR count). The Morgan fingerprint density at radius 2 is 1.88 bits per heavy atom. The molecule has 0 saturated carbocycles. The van der Waals surface area contributed by atoms with Gasteiger partial charge < -0.3 is 4.74 Å². The molecular weight excluding hydrogens is 331 g/mol. The largest absolute Gasteiger partial charge is 0.481 e. The number of hydrogen-bond acceptors (Lipinski definition) is 4. The monoisotopic (exact) mass is 348 g/mol. The molecule has 1 heterocycles. The van der Waals surface area contributed by atoms with Crippen LogP contribution in [0, 0.1) is 12.7 Å². The summed E-state index contributed by atoms with van der Waals surface area (Å²) in [7, 11) is 0. The fourth-order valence-electron chi connectivity index (χ4n) is 1.74. The average molecular weight is 348 g/mol. The SMILES string of the molecule is Cc1ccc(/C=C/C(=O)NNC(=O)[C@@H](C)Oc2ccc(F)cc2)s1. The van der Waals surface area contributed by atoms with Gasteiger partial charge in [-0.25, -0.2) is 4.39 Å². The van der Waals surface area contributed by atoms with Crippen molar-refractivity contribution in [2.75, 3.05) is 0 Å². The predicted molar refractivity (Wildman–Crippen MR) is 90.9 cm³/mol. The molecule has 0 spiro atoms. The van der Waals surface area contributed by atoms with E-state index in [0.29, 0.717) is 5.75 Å². The number of ether oxygens (including phenoxy) is 1. The van der Waals surface area contributed by atoms with Crippen LogP contribution in [0.2, 0.25) is 0 Å². The lowest BCUT2D eigenvalue weighted by molar-refractivity contribution is -0.131. The minimum absolute atomic E-state index is 0.360. The van der Waals surface area contributed by atoms with E-state index < -0.39 is 17.9 Å². The predicted octanol–water partition coefficient (Wildman–Crippen LogP) is 2.82. The van der Waals surface area contributed by atoms with Crippen molar-refractivity contribution in [1.82, 2.24) is 10.9 Å². The Bertz CT molecular complexity index is 741. The van der Waals surface area contributed by atoms with Crippen LogP contribution >= 0.6 is 11.3 Å². The van der Waals surface area contributed by atoms with E-state index >= 15 is 0 Å². The molecule has 5 nitrogen and oxygen atoms in total. The van der Waals surface area contributed by atoms with Crippen molar-refractivity contribution >= 4 is 29.2 Å². The summed E-state index contributed by atoms with van der Waals surface area (Å²) in [5.74, 6) is -1.01. The Hall–Kier alpha value is -2.67. The molecule has 1 aromatic carbocycles. The van der Waals surface area contributed by atoms with Crippen LogP contribution in [0.15, 0.2) is 42.5 Å². The second-order valence-corrected chi connectivity index (χ2v) is 6.29. The highest BCUT2D eigenvalue weighted by atomic mass is 32.1. The van der Waals surface area contributed by atoms with Gasteiger partial charge in [-0.2, -0.15) is 0 Å². The molecule has 2 N–H and O–H groups in total. The lowest BCUT2D eigenvalue weighted by Gasteiger charge is -2.14. The molecule has 0 aliphatic carbocycles. The molecule has 126 valence electrons. The number of aryl methyl sites for hydroxylation is 1. The van der Waals surface area contributed by atoms with Crippen molar-refractivity contribution in [3.05, 3.63) is 58.0 Å². The van der Waals surface area contributed by atoms with Crippen LogP contribution in [0.4, 0.5) is 4.39 Å². The number of hydrogen-bond donors (Lipinski definition) is 2. The molecule has 0 fully saturated rings. The molecule has 0 bridgehead atoms. The highest BCUT2D eigenvalue weighted by Crippen LogP contribution is 2.16. The summed E-state index contributed by atoms with van der Waals surface area (Å²) in [4.78, 5) is 25.6. The summed E-state index contributed by atoms with van der Waals surface area (Å²) in [5, 5.41) is 0. The highest BCUT2D eigenvalue weighted by Gasteiger charge is 2.14. The van der Waals surface area contributed by atoms with E-state index in [1.807, 2.05) is 19.1 Å². The number of rotatable bonds is 5. The smallest absolute Gasteiger partial charge is 0.279 e. The van der Waals surface area contributed by atoms with Crippen molar-refractivity contribution in [3.63, 3.8) is 0 Å². The van der Waals surface area contributed by atoms with Gasteiger partial charge in [0.25, 0.3) is 11.8 Å². The third-order valence-corrected chi connectivity index (χ3v) is 3.93. The van der Waals surface area contributed by atoms with Crippen molar-refractivity contribution in [2.45, 2.75) is 20.0 Å². The van der Waals surface area contributed by atoms with Gasteiger partial charge in [-0.3, -0.25) is 20.4 Å². The van der Waals surface area contributed by atoms with Gasteiger partial charge in [0.1, 0.15) is 11.6 Å². The molecule has 2 aromatic rings. The van der Waals surface area contributed by atoms with E-state index in [9.17, 15) is 14.0 Å². The quantitative estimate of drug-likeness (QED) is 0.645. The van der Waals surface area contributed by atoms with E-state index in [2.05, 4.69) is 10.9 Å². The second-order valence-electron chi connectivity index (χ2n) is 4.97. The van der Waals surface area contributed by atoms with Gasteiger partial charge in [-0.15, -0.1) is 11.3 Å². The Morgan fingerprint density at radius 3 is 2.50 bits per heavy atom. The van der Waals surface area contributed by atoms with Gasteiger partial charge in [0.05, 0.1) is 0 Å². The van der Waals surface area contributed by atoms with E-state index in [1.165, 1.54) is 37.3 Å². The number of nitrogens with one attached hydrogen (secondary N) is 2. The van der Waals surface area contributed by atoms with Gasteiger partial charge >= 0.3 is 0 Å². The van der Waals surface area contributed by atoms with Crippen LogP contribution in [0.1, 0.15) is 16.7 Å². The summed E-state index contributed by atoms with van der Waals surface area (Å²) < 4.78 is 18.1. The van der Waals surface area contributed by atoms with Gasteiger partial charge in [0, 0.05) is 15.8 Å². The molecule has 0 radical (unpaired) electrons.